The van der Waals surface area contributed by atoms with Gasteiger partial charge >= 0.3 is 17.8 Å². The monoisotopic (exact) mass is 480 g/mol. The first-order valence-corrected chi connectivity index (χ1v) is 12.2. The zero-order valence-electron chi connectivity index (χ0n) is 17.6. The van der Waals surface area contributed by atoms with Crippen molar-refractivity contribution >= 4 is 28.6 Å². The minimum absolute atomic E-state index is 0.147. The van der Waals surface area contributed by atoms with E-state index in [4.69, 9.17) is 0 Å². The van der Waals surface area contributed by atoms with Crippen LogP contribution in [-0.2, 0) is 0 Å². The van der Waals surface area contributed by atoms with Gasteiger partial charge < -0.3 is 0 Å². The molecule has 0 amide bonds. The molecule has 33 heavy (non-hydrogen) atoms. The quantitative estimate of drug-likeness (QED) is 0.409. The maximum atomic E-state index is 15.2. The van der Waals surface area contributed by atoms with Crippen molar-refractivity contribution in [3.05, 3.63) is 62.7 Å². The lowest BCUT2D eigenvalue weighted by molar-refractivity contribution is -0.254. The molecular weight excluding hydrogens is 458 g/mol. The van der Waals surface area contributed by atoms with Gasteiger partial charge in [0, 0.05) is 20.9 Å². The van der Waals surface area contributed by atoms with Crippen molar-refractivity contribution in [3.8, 4) is 0 Å². The molecule has 5 aliphatic carbocycles. The van der Waals surface area contributed by atoms with E-state index in [1.54, 1.807) is 23.6 Å². The normalized spacial score (nSPS) is 36.1. The summed E-state index contributed by atoms with van der Waals surface area (Å²) in [5.74, 6) is -13.8. The van der Waals surface area contributed by atoms with E-state index in [0.717, 1.165) is 37.3 Å². The van der Waals surface area contributed by atoms with Crippen LogP contribution in [0, 0.1) is 23.7 Å². The fourth-order valence-electron chi connectivity index (χ4n) is 6.83. The first kappa shape index (κ1) is 21.5. The Morgan fingerprint density at radius 3 is 1.97 bits per heavy atom. The minimum atomic E-state index is -5.51. The van der Waals surface area contributed by atoms with E-state index in [1.165, 1.54) is 36.0 Å². The summed E-state index contributed by atoms with van der Waals surface area (Å²) in [6.07, 6.45) is 5.91. The molecule has 7 rings (SSSR count). The summed E-state index contributed by atoms with van der Waals surface area (Å²) in [4.78, 5) is 0. The predicted octanol–water partition coefficient (Wildman–Crippen LogP) is 6.51. The second-order valence-corrected chi connectivity index (χ2v) is 10.9. The van der Waals surface area contributed by atoms with Crippen LogP contribution in [0.3, 0.4) is 0 Å². The van der Waals surface area contributed by atoms with Crippen molar-refractivity contribution in [1.29, 1.82) is 0 Å². The van der Waals surface area contributed by atoms with Crippen molar-refractivity contribution in [2.45, 2.75) is 49.9 Å². The Kier molecular flexibility index (Phi) is 4.56. The minimum Gasteiger partial charge on any atom is -0.194 e. The Morgan fingerprint density at radius 2 is 1.36 bits per heavy atom. The lowest BCUT2D eigenvalue weighted by atomic mass is 9.54. The lowest BCUT2D eigenvalue weighted by Crippen LogP contribution is -2.48. The van der Waals surface area contributed by atoms with E-state index >= 15 is 8.78 Å². The average molecular weight is 481 g/mol. The van der Waals surface area contributed by atoms with Gasteiger partial charge in [-0.25, -0.2) is 0 Å². The van der Waals surface area contributed by atoms with Gasteiger partial charge in [-0.3, -0.25) is 0 Å². The van der Waals surface area contributed by atoms with Crippen LogP contribution in [-0.4, -0.2) is 17.8 Å². The first-order valence-electron chi connectivity index (χ1n) is 11.3. The largest absolute Gasteiger partial charge is 0.380 e. The summed E-state index contributed by atoms with van der Waals surface area (Å²) >= 11 is 1.22. The van der Waals surface area contributed by atoms with Crippen molar-refractivity contribution < 1.29 is 26.3 Å². The van der Waals surface area contributed by atoms with Gasteiger partial charge in [-0.15, -0.1) is 11.3 Å². The van der Waals surface area contributed by atoms with Crippen LogP contribution in [0.25, 0.3) is 17.2 Å². The highest BCUT2D eigenvalue weighted by molar-refractivity contribution is 7.07. The molecule has 174 valence electrons. The van der Waals surface area contributed by atoms with E-state index < -0.39 is 28.9 Å². The second kappa shape index (κ2) is 7.00. The van der Waals surface area contributed by atoms with Crippen LogP contribution in [0.1, 0.15) is 37.7 Å². The number of alkyl halides is 6. The Balaban J connectivity index is 1.67. The number of benzene rings is 1. The van der Waals surface area contributed by atoms with E-state index in [1.807, 2.05) is 0 Å². The predicted molar refractivity (Wildman–Crippen MR) is 117 cm³/mol. The summed E-state index contributed by atoms with van der Waals surface area (Å²) in [7, 11) is 0. The highest BCUT2D eigenvalue weighted by atomic mass is 32.1. The average Bonchev–Trinajstić information content (AvgIpc) is 3.24. The first-order chi connectivity index (χ1) is 15.6. The van der Waals surface area contributed by atoms with Gasteiger partial charge in [0.1, 0.15) is 0 Å². The molecule has 0 nitrogen and oxygen atoms in total. The van der Waals surface area contributed by atoms with Crippen molar-refractivity contribution in [1.82, 2.24) is 0 Å². The number of halogens is 6. The van der Waals surface area contributed by atoms with Gasteiger partial charge in [0.15, 0.2) is 0 Å². The van der Waals surface area contributed by atoms with Gasteiger partial charge in [0.2, 0.25) is 0 Å². The molecule has 4 bridgehead atoms. The molecule has 1 aromatic heterocycles. The highest BCUT2D eigenvalue weighted by Gasteiger charge is 2.81. The van der Waals surface area contributed by atoms with Gasteiger partial charge in [-0.1, -0.05) is 30.3 Å². The molecule has 0 unspecified atom stereocenters. The smallest absolute Gasteiger partial charge is 0.194 e. The fraction of sp³-hybridized carbons (Fsp3) is 0.462. The zero-order chi connectivity index (χ0) is 23.2. The van der Waals surface area contributed by atoms with Gasteiger partial charge in [-0.2, -0.15) is 26.3 Å². The van der Waals surface area contributed by atoms with Gasteiger partial charge in [0.05, 0.1) is 0 Å². The molecule has 0 N–H and O–H groups in total. The molecule has 0 atom stereocenters. The molecule has 5 saturated carbocycles. The molecule has 1 aromatic carbocycles. The van der Waals surface area contributed by atoms with Gasteiger partial charge in [0.25, 0.3) is 0 Å². The Bertz CT molecular complexity index is 1220. The molecule has 1 heterocycles. The lowest BCUT2D eigenvalue weighted by Gasteiger charge is -2.51. The fourth-order valence-corrected chi connectivity index (χ4v) is 7.94. The highest BCUT2D eigenvalue weighted by Crippen LogP contribution is 2.62. The van der Waals surface area contributed by atoms with Gasteiger partial charge in [-0.05, 0) is 84.4 Å². The molecular formula is C26H22F6S. The zero-order valence-corrected chi connectivity index (χ0v) is 18.5. The Morgan fingerprint density at radius 1 is 0.758 bits per heavy atom. The van der Waals surface area contributed by atoms with Crippen LogP contribution >= 0.6 is 11.3 Å². The number of rotatable bonds is 1. The van der Waals surface area contributed by atoms with Crippen LogP contribution in [0.2, 0.25) is 0 Å². The number of thiophene rings is 1. The third-order valence-corrected chi connectivity index (χ3v) is 9.00. The molecule has 0 saturated heterocycles. The molecule has 7 heteroatoms. The van der Waals surface area contributed by atoms with Crippen molar-refractivity contribution in [3.63, 3.8) is 0 Å². The summed E-state index contributed by atoms with van der Waals surface area (Å²) in [5.41, 5.74) is -1.29. The molecule has 0 aliphatic heterocycles. The van der Waals surface area contributed by atoms with E-state index in [9.17, 15) is 17.6 Å². The maximum Gasteiger partial charge on any atom is 0.380 e. The van der Waals surface area contributed by atoms with E-state index in [2.05, 4.69) is 0 Å². The van der Waals surface area contributed by atoms with Crippen molar-refractivity contribution in [2.75, 3.05) is 0 Å². The van der Waals surface area contributed by atoms with E-state index in [0.29, 0.717) is 16.4 Å². The number of allylic oxidation sites excluding steroid dienone is 1. The van der Waals surface area contributed by atoms with Crippen LogP contribution < -0.4 is 9.75 Å². The second-order valence-electron chi connectivity index (χ2n) is 9.99. The summed E-state index contributed by atoms with van der Waals surface area (Å²) in [5, 5.41) is 1.42. The Hall–Kier alpha value is -2.02. The third-order valence-electron chi connectivity index (χ3n) is 8.04. The van der Waals surface area contributed by atoms with Crippen LogP contribution in [0.5, 0.6) is 0 Å². The molecule has 0 radical (unpaired) electrons. The molecule has 5 aliphatic rings. The summed E-state index contributed by atoms with van der Waals surface area (Å²) in [6, 6.07) is 8.96. The van der Waals surface area contributed by atoms with Crippen LogP contribution in [0.4, 0.5) is 26.3 Å². The molecule has 2 aromatic rings. The molecule has 5 fully saturated rings. The number of hydrogen-bond donors (Lipinski definition) is 0. The van der Waals surface area contributed by atoms with Crippen molar-refractivity contribution in [2.24, 2.45) is 23.7 Å². The summed E-state index contributed by atoms with van der Waals surface area (Å²) < 4.78 is 90.0. The Labute approximate surface area is 191 Å². The molecule has 0 spiro atoms. The summed E-state index contributed by atoms with van der Waals surface area (Å²) in [6.45, 7) is 0. The maximum absolute atomic E-state index is 15.2. The van der Waals surface area contributed by atoms with E-state index in [-0.39, 0.29) is 22.6 Å². The topological polar surface area (TPSA) is 0 Å². The third kappa shape index (κ3) is 2.90. The standard InChI is InChI=1S/C26H22F6S/c27-24(28)20(13-14-4-2-1-3-5-14)22(25(29,30)26(24,31)32)19-6-7-33-23(19)21-17-9-15-8-16(11-17)12-18(21)10-15/h1-7,13,15-18H,8-12H2/b20-13-,22-19+,23-21?. The van der Waals surface area contributed by atoms with Crippen LogP contribution in [0.15, 0.2) is 47.4 Å². The SMILES string of the molecule is FC1(F)C(=C\c2ccccc2)/C(=c2/ccsc2=C2C3CC4CC(C3)CC2C4)C(F)(F)C1(F)F. The number of hydrogen-bond acceptors (Lipinski definition) is 1.